The van der Waals surface area contributed by atoms with E-state index in [1.165, 1.54) is 0 Å². The molecule has 78 valence electrons. The van der Waals surface area contributed by atoms with Gasteiger partial charge in [0.15, 0.2) is 0 Å². The lowest BCUT2D eigenvalue weighted by Gasteiger charge is -2.05. The van der Waals surface area contributed by atoms with Gasteiger partial charge in [0.05, 0.1) is 22.3 Å². The third kappa shape index (κ3) is 1.99. The summed E-state index contributed by atoms with van der Waals surface area (Å²) in [6.07, 6.45) is 2.67. The van der Waals surface area contributed by atoms with E-state index in [2.05, 4.69) is 16.4 Å². The van der Waals surface area contributed by atoms with Crippen molar-refractivity contribution in [2.45, 2.75) is 13.3 Å². The number of aryl methyl sites for hydroxylation is 1. The van der Waals surface area contributed by atoms with Crippen LogP contribution in [0.25, 0.3) is 11.0 Å². The van der Waals surface area contributed by atoms with Crippen molar-refractivity contribution in [1.29, 1.82) is 0 Å². The molecule has 2 aromatic rings. The summed E-state index contributed by atoms with van der Waals surface area (Å²) in [5.74, 6) is 0. The quantitative estimate of drug-likeness (QED) is 0.788. The first-order valence-electron chi connectivity index (χ1n) is 4.91. The molecular formula is C11H13N3S. The maximum atomic E-state index is 5.14. The minimum absolute atomic E-state index is 0.858. The molecule has 3 nitrogen and oxygen atoms in total. The summed E-state index contributed by atoms with van der Waals surface area (Å²) in [5.41, 5.74) is 3.14. The second-order valence-electron chi connectivity index (χ2n) is 3.46. The van der Waals surface area contributed by atoms with Gasteiger partial charge >= 0.3 is 0 Å². The van der Waals surface area contributed by atoms with E-state index < -0.39 is 0 Å². The van der Waals surface area contributed by atoms with E-state index in [9.17, 15) is 0 Å². The smallest absolute Gasteiger partial charge is 0.0955 e. The number of anilines is 1. The first-order valence-corrected chi connectivity index (χ1v) is 5.32. The lowest BCUT2D eigenvalue weighted by atomic mass is 10.2. The van der Waals surface area contributed by atoms with Crippen LogP contribution in [-0.4, -0.2) is 14.5 Å². The highest BCUT2D eigenvalue weighted by Gasteiger charge is 2.01. The van der Waals surface area contributed by atoms with E-state index in [4.69, 9.17) is 12.2 Å². The molecule has 4 heteroatoms. The fraction of sp³-hybridized carbons (Fsp3) is 0.273. The first-order chi connectivity index (χ1) is 7.20. The van der Waals surface area contributed by atoms with Crippen LogP contribution in [0.4, 0.5) is 5.69 Å². The summed E-state index contributed by atoms with van der Waals surface area (Å²) in [5, 5.41) is 3.19. The molecule has 0 bridgehead atoms. The number of rotatable bonds is 2. The normalized spacial score (nSPS) is 10.5. The third-order valence-electron chi connectivity index (χ3n) is 2.33. The summed E-state index contributed by atoms with van der Waals surface area (Å²) in [7, 11) is 1.98. The molecule has 0 aliphatic carbocycles. The number of nitrogens with zero attached hydrogens (tertiary/aromatic N) is 2. The highest BCUT2D eigenvalue weighted by atomic mass is 32.1. The van der Waals surface area contributed by atoms with Crippen LogP contribution < -0.4 is 5.32 Å². The molecule has 0 aliphatic rings. The number of hydrogen-bond acceptors (Lipinski definition) is 2. The number of benzene rings is 1. The van der Waals surface area contributed by atoms with Gasteiger partial charge in [-0.2, -0.15) is 0 Å². The Morgan fingerprint density at radius 1 is 1.53 bits per heavy atom. The summed E-state index contributed by atoms with van der Waals surface area (Å²) in [4.78, 5) is 5.12. The SMILES string of the molecule is CCC(=S)Nc1ccc2ncn(C)c2c1. The molecule has 0 unspecified atom stereocenters. The minimum atomic E-state index is 0.858. The lowest BCUT2D eigenvalue weighted by molar-refractivity contribution is 0.948. The van der Waals surface area contributed by atoms with Crippen molar-refractivity contribution in [3.05, 3.63) is 24.5 Å². The average molecular weight is 219 g/mol. The van der Waals surface area contributed by atoms with Crippen LogP contribution in [0.5, 0.6) is 0 Å². The third-order valence-corrected chi connectivity index (χ3v) is 2.72. The van der Waals surface area contributed by atoms with Crippen molar-refractivity contribution in [1.82, 2.24) is 9.55 Å². The van der Waals surface area contributed by atoms with Gasteiger partial charge in [-0.05, 0) is 24.6 Å². The molecule has 0 amide bonds. The highest BCUT2D eigenvalue weighted by Crippen LogP contribution is 2.17. The van der Waals surface area contributed by atoms with Gasteiger partial charge < -0.3 is 9.88 Å². The summed E-state index contributed by atoms with van der Waals surface area (Å²) >= 11 is 5.14. The second-order valence-corrected chi connectivity index (χ2v) is 3.95. The Labute approximate surface area is 94.1 Å². The van der Waals surface area contributed by atoms with Crippen molar-refractivity contribution in [2.75, 3.05) is 5.32 Å². The minimum Gasteiger partial charge on any atom is -0.350 e. The van der Waals surface area contributed by atoms with Crippen LogP contribution in [0, 0.1) is 0 Å². The van der Waals surface area contributed by atoms with Gasteiger partial charge in [0.2, 0.25) is 0 Å². The van der Waals surface area contributed by atoms with Crippen LogP contribution in [0.3, 0.4) is 0 Å². The van der Waals surface area contributed by atoms with Gasteiger partial charge in [-0.25, -0.2) is 4.98 Å². The van der Waals surface area contributed by atoms with E-state index in [-0.39, 0.29) is 0 Å². The first kappa shape index (κ1) is 10.1. The molecule has 1 aromatic carbocycles. The fourth-order valence-corrected chi connectivity index (χ4v) is 1.57. The van der Waals surface area contributed by atoms with Gasteiger partial charge in [0, 0.05) is 12.7 Å². The van der Waals surface area contributed by atoms with Crippen LogP contribution in [-0.2, 0) is 7.05 Å². The molecule has 1 aromatic heterocycles. The summed E-state index contributed by atoms with van der Waals surface area (Å²) in [6, 6.07) is 6.05. The molecular weight excluding hydrogens is 206 g/mol. The van der Waals surface area contributed by atoms with Crippen LogP contribution >= 0.6 is 12.2 Å². The van der Waals surface area contributed by atoms with Gasteiger partial charge in [-0.15, -0.1) is 0 Å². The van der Waals surface area contributed by atoms with Crippen molar-refractivity contribution in [3.63, 3.8) is 0 Å². The molecule has 0 atom stereocenters. The molecule has 1 N–H and O–H groups in total. The fourth-order valence-electron chi connectivity index (χ4n) is 1.45. The Bertz CT molecular complexity index is 502. The summed E-state index contributed by atoms with van der Waals surface area (Å²) < 4.78 is 2.00. The Hall–Kier alpha value is -1.42. The van der Waals surface area contributed by atoms with E-state index in [0.29, 0.717) is 0 Å². The Balaban J connectivity index is 2.37. The zero-order valence-electron chi connectivity index (χ0n) is 8.82. The van der Waals surface area contributed by atoms with Crippen LogP contribution in [0.1, 0.15) is 13.3 Å². The monoisotopic (exact) mass is 219 g/mol. The maximum absolute atomic E-state index is 5.14. The molecule has 15 heavy (non-hydrogen) atoms. The van der Waals surface area contributed by atoms with Gasteiger partial charge in [-0.1, -0.05) is 19.1 Å². The number of fused-ring (bicyclic) bond motifs is 1. The highest BCUT2D eigenvalue weighted by molar-refractivity contribution is 7.80. The largest absolute Gasteiger partial charge is 0.350 e. The Morgan fingerprint density at radius 2 is 2.33 bits per heavy atom. The lowest BCUT2D eigenvalue weighted by Crippen LogP contribution is -2.06. The number of thiocarbonyl (C=S) groups is 1. The Kier molecular flexibility index (Phi) is 2.68. The van der Waals surface area contributed by atoms with Crippen LogP contribution in [0.15, 0.2) is 24.5 Å². The average Bonchev–Trinajstić information content (AvgIpc) is 2.60. The van der Waals surface area contributed by atoms with E-state index in [1.54, 1.807) is 0 Å². The standard InChI is InChI=1S/C11H13N3S/c1-3-11(15)13-8-4-5-9-10(6-8)14(2)7-12-9/h4-7H,3H2,1-2H3,(H,13,15). The van der Waals surface area contributed by atoms with E-state index in [0.717, 1.165) is 28.1 Å². The number of hydrogen-bond donors (Lipinski definition) is 1. The molecule has 0 spiro atoms. The zero-order chi connectivity index (χ0) is 10.8. The predicted molar refractivity (Wildman–Crippen MR) is 67.2 cm³/mol. The van der Waals surface area contributed by atoms with Crippen molar-refractivity contribution in [2.24, 2.45) is 7.05 Å². The molecule has 0 saturated carbocycles. The van der Waals surface area contributed by atoms with Crippen LogP contribution in [0.2, 0.25) is 0 Å². The second kappa shape index (κ2) is 3.98. The Morgan fingerprint density at radius 3 is 3.07 bits per heavy atom. The molecule has 0 radical (unpaired) electrons. The van der Waals surface area contributed by atoms with Crippen molar-refractivity contribution in [3.8, 4) is 0 Å². The molecule has 1 heterocycles. The van der Waals surface area contributed by atoms with E-state index in [1.807, 2.05) is 37.0 Å². The van der Waals surface area contributed by atoms with Crippen molar-refractivity contribution < 1.29 is 0 Å². The van der Waals surface area contributed by atoms with Gasteiger partial charge in [0.1, 0.15) is 0 Å². The predicted octanol–water partition coefficient (Wildman–Crippen LogP) is 2.72. The van der Waals surface area contributed by atoms with Gasteiger partial charge in [-0.3, -0.25) is 0 Å². The summed E-state index contributed by atoms with van der Waals surface area (Å²) in [6.45, 7) is 2.04. The number of imidazole rings is 1. The maximum Gasteiger partial charge on any atom is 0.0955 e. The molecule has 0 aliphatic heterocycles. The van der Waals surface area contributed by atoms with E-state index >= 15 is 0 Å². The number of nitrogens with one attached hydrogen (secondary N) is 1. The molecule has 0 fully saturated rings. The molecule has 0 saturated heterocycles. The zero-order valence-corrected chi connectivity index (χ0v) is 9.64. The van der Waals surface area contributed by atoms with Gasteiger partial charge in [0.25, 0.3) is 0 Å². The molecule has 2 rings (SSSR count). The topological polar surface area (TPSA) is 29.9 Å². The van der Waals surface area contributed by atoms with Crippen molar-refractivity contribution >= 4 is 33.9 Å². The number of aromatic nitrogens is 2.